The number of hydrogen-bond donors (Lipinski definition) is 1. The largest absolute Gasteiger partial charge is 0.393 e. The number of rotatable bonds is 5. The Balaban J connectivity index is 3.58. The van der Waals surface area contributed by atoms with E-state index in [4.69, 9.17) is 5.11 Å². The zero-order valence-electron chi connectivity index (χ0n) is 8.13. The molecule has 2 nitrogen and oxygen atoms in total. The van der Waals surface area contributed by atoms with Crippen molar-refractivity contribution < 1.29 is 9.90 Å². The molecule has 0 amide bonds. The van der Waals surface area contributed by atoms with Crippen molar-refractivity contribution >= 4 is 5.78 Å². The van der Waals surface area contributed by atoms with Crippen LogP contribution in [0.25, 0.3) is 0 Å². The quantitative estimate of drug-likeness (QED) is 0.641. The van der Waals surface area contributed by atoms with E-state index in [1.165, 1.54) is 0 Å². The average molecular weight is 170 g/mol. The molecular formula is C10H18O2. The molecule has 0 aliphatic rings. The highest BCUT2D eigenvalue weighted by Crippen LogP contribution is 2.05. The summed E-state index contributed by atoms with van der Waals surface area (Å²) in [6, 6.07) is 0. The van der Waals surface area contributed by atoms with Crippen LogP contribution in [0.3, 0.4) is 0 Å². The topological polar surface area (TPSA) is 37.3 Å². The molecule has 0 saturated heterocycles. The van der Waals surface area contributed by atoms with Crippen molar-refractivity contribution in [3.8, 4) is 0 Å². The van der Waals surface area contributed by atoms with Gasteiger partial charge in [0.2, 0.25) is 0 Å². The molecule has 0 fully saturated rings. The summed E-state index contributed by atoms with van der Waals surface area (Å²) in [7, 11) is 0. The van der Waals surface area contributed by atoms with Crippen LogP contribution in [0.1, 0.15) is 40.0 Å². The molecule has 0 spiro atoms. The third kappa shape index (κ3) is 5.08. The highest BCUT2D eigenvalue weighted by molar-refractivity contribution is 5.94. The molecule has 2 heteroatoms. The maximum atomic E-state index is 11.2. The van der Waals surface area contributed by atoms with Gasteiger partial charge in [0, 0.05) is 6.42 Å². The summed E-state index contributed by atoms with van der Waals surface area (Å²) in [5.41, 5.74) is 0.820. The molecule has 1 atom stereocenters. The van der Waals surface area contributed by atoms with E-state index in [0.717, 1.165) is 12.0 Å². The second-order valence-electron chi connectivity index (χ2n) is 3.14. The number of hydrogen-bond acceptors (Lipinski definition) is 2. The first-order chi connectivity index (χ1) is 5.57. The van der Waals surface area contributed by atoms with Gasteiger partial charge in [-0.3, -0.25) is 4.79 Å². The molecule has 1 N–H and O–H groups in total. The van der Waals surface area contributed by atoms with Gasteiger partial charge in [0.05, 0.1) is 6.10 Å². The normalized spacial score (nSPS) is 14.5. The fraction of sp³-hybridized carbons (Fsp3) is 0.700. The second-order valence-corrected chi connectivity index (χ2v) is 3.14. The number of Topliss-reactive ketones (excluding diaryl/α,β-unsaturated/α-hetero) is 1. The standard InChI is InChI=1S/C10H18O2/c1-4-8(2)10(12)7-5-6-9(3)11/h4,9,11H,5-7H2,1-3H3/b8-4+. The summed E-state index contributed by atoms with van der Waals surface area (Å²) in [6.07, 6.45) is 3.58. The van der Waals surface area contributed by atoms with Crippen LogP contribution in [0.2, 0.25) is 0 Å². The number of carbonyl (C=O) groups is 1. The summed E-state index contributed by atoms with van der Waals surface area (Å²) >= 11 is 0. The van der Waals surface area contributed by atoms with Crippen molar-refractivity contribution in [3.63, 3.8) is 0 Å². The first-order valence-electron chi connectivity index (χ1n) is 4.42. The molecule has 70 valence electrons. The van der Waals surface area contributed by atoms with Crippen LogP contribution < -0.4 is 0 Å². The van der Waals surface area contributed by atoms with Gasteiger partial charge >= 0.3 is 0 Å². The van der Waals surface area contributed by atoms with Crippen LogP contribution in [-0.4, -0.2) is 17.0 Å². The zero-order valence-corrected chi connectivity index (χ0v) is 8.13. The first kappa shape index (κ1) is 11.4. The van der Waals surface area contributed by atoms with Crippen molar-refractivity contribution in [2.75, 3.05) is 0 Å². The minimum absolute atomic E-state index is 0.193. The summed E-state index contributed by atoms with van der Waals surface area (Å²) in [4.78, 5) is 11.2. The van der Waals surface area contributed by atoms with Gasteiger partial charge in [0.25, 0.3) is 0 Å². The van der Waals surface area contributed by atoms with Gasteiger partial charge in [-0.05, 0) is 39.2 Å². The maximum Gasteiger partial charge on any atom is 0.158 e. The monoisotopic (exact) mass is 170 g/mol. The molecule has 0 aromatic heterocycles. The van der Waals surface area contributed by atoms with E-state index in [9.17, 15) is 4.79 Å². The molecule has 0 saturated carbocycles. The van der Waals surface area contributed by atoms with Gasteiger partial charge in [-0.1, -0.05) is 6.08 Å². The van der Waals surface area contributed by atoms with Crippen molar-refractivity contribution in [2.24, 2.45) is 0 Å². The lowest BCUT2D eigenvalue weighted by Gasteiger charge is -2.02. The number of ketones is 1. The van der Waals surface area contributed by atoms with Gasteiger partial charge in [0.1, 0.15) is 0 Å². The molecule has 0 rings (SSSR count). The molecule has 0 radical (unpaired) electrons. The van der Waals surface area contributed by atoms with E-state index in [-0.39, 0.29) is 11.9 Å². The molecule has 0 bridgehead atoms. The molecule has 12 heavy (non-hydrogen) atoms. The Morgan fingerprint density at radius 3 is 2.58 bits per heavy atom. The summed E-state index contributed by atoms with van der Waals surface area (Å²) in [5.74, 6) is 0.193. The van der Waals surface area contributed by atoms with Gasteiger partial charge in [-0.2, -0.15) is 0 Å². The van der Waals surface area contributed by atoms with Gasteiger partial charge < -0.3 is 5.11 Å². The Labute approximate surface area is 74.3 Å². The Hall–Kier alpha value is -0.630. The van der Waals surface area contributed by atoms with Crippen molar-refractivity contribution in [3.05, 3.63) is 11.6 Å². The number of carbonyl (C=O) groups excluding carboxylic acids is 1. The van der Waals surface area contributed by atoms with Crippen LogP contribution in [0, 0.1) is 0 Å². The Morgan fingerprint density at radius 2 is 2.17 bits per heavy atom. The van der Waals surface area contributed by atoms with E-state index < -0.39 is 0 Å². The minimum Gasteiger partial charge on any atom is -0.393 e. The second kappa shape index (κ2) is 5.95. The van der Waals surface area contributed by atoms with Crippen LogP contribution in [0.4, 0.5) is 0 Å². The third-order valence-electron chi connectivity index (χ3n) is 1.90. The van der Waals surface area contributed by atoms with Gasteiger partial charge in [0.15, 0.2) is 5.78 Å². The van der Waals surface area contributed by atoms with Crippen LogP contribution in [0.5, 0.6) is 0 Å². The Kier molecular flexibility index (Phi) is 5.64. The maximum absolute atomic E-state index is 11.2. The summed E-state index contributed by atoms with van der Waals surface area (Å²) < 4.78 is 0. The number of allylic oxidation sites excluding steroid dienone is 2. The smallest absolute Gasteiger partial charge is 0.158 e. The SMILES string of the molecule is C/C=C(\C)C(=O)CCCC(C)O. The van der Waals surface area contributed by atoms with E-state index in [0.29, 0.717) is 12.8 Å². The van der Waals surface area contributed by atoms with Crippen LogP contribution in [-0.2, 0) is 4.79 Å². The predicted molar refractivity (Wildman–Crippen MR) is 50.0 cm³/mol. The fourth-order valence-corrected chi connectivity index (χ4v) is 0.916. The molecule has 1 unspecified atom stereocenters. The molecule has 0 aliphatic heterocycles. The van der Waals surface area contributed by atoms with Crippen molar-refractivity contribution in [2.45, 2.75) is 46.1 Å². The number of aliphatic hydroxyl groups excluding tert-OH is 1. The van der Waals surface area contributed by atoms with Crippen molar-refractivity contribution in [1.82, 2.24) is 0 Å². The lowest BCUT2D eigenvalue weighted by Crippen LogP contribution is -2.03. The summed E-state index contributed by atoms with van der Waals surface area (Å²) in [6.45, 7) is 5.43. The highest BCUT2D eigenvalue weighted by Gasteiger charge is 2.03. The molecule has 0 aromatic carbocycles. The Morgan fingerprint density at radius 1 is 1.58 bits per heavy atom. The van der Waals surface area contributed by atoms with E-state index >= 15 is 0 Å². The highest BCUT2D eigenvalue weighted by atomic mass is 16.3. The van der Waals surface area contributed by atoms with E-state index in [1.54, 1.807) is 6.92 Å². The average Bonchev–Trinajstić information content (AvgIpc) is 2.02. The van der Waals surface area contributed by atoms with Crippen molar-refractivity contribution in [1.29, 1.82) is 0 Å². The molecular weight excluding hydrogens is 152 g/mol. The zero-order chi connectivity index (χ0) is 9.56. The molecule has 0 aromatic rings. The van der Waals surface area contributed by atoms with E-state index in [1.807, 2.05) is 19.9 Å². The lowest BCUT2D eigenvalue weighted by atomic mass is 10.1. The number of aliphatic hydroxyl groups is 1. The third-order valence-corrected chi connectivity index (χ3v) is 1.90. The van der Waals surface area contributed by atoms with Gasteiger partial charge in [-0.15, -0.1) is 0 Å². The Bertz CT molecular complexity index is 169. The van der Waals surface area contributed by atoms with Crippen LogP contribution >= 0.6 is 0 Å². The minimum atomic E-state index is -0.288. The predicted octanol–water partition coefficient (Wildman–Crippen LogP) is 2.07. The first-order valence-corrected chi connectivity index (χ1v) is 4.42. The van der Waals surface area contributed by atoms with Crippen LogP contribution in [0.15, 0.2) is 11.6 Å². The molecule has 0 heterocycles. The molecule has 0 aliphatic carbocycles. The fourth-order valence-electron chi connectivity index (χ4n) is 0.916. The summed E-state index contributed by atoms with van der Waals surface area (Å²) in [5, 5.41) is 8.94. The van der Waals surface area contributed by atoms with E-state index in [2.05, 4.69) is 0 Å². The van der Waals surface area contributed by atoms with Gasteiger partial charge in [-0.25, -0.2) is 0 Å². The lowest BCUT2D eigenvalue weighted by molar-refractivity contribution is -0.115.